The van der Waals surface area contributed by atoms with Gasteiger partial charge in [0.2, 0.25) is 0 Å². The molecule has 10 nitrogen and oxygen atoms in total. The monoisotopic (exact) mass is 513 g/mol. The summed E-state index contributed by atoms with van der Waals surface area (Å²) in [5.41, 5.74) is -0.747. The van der Waals surface area contributed by atoms with Gasteiger partial charge in [0, 0.05) is 12.0 Å². The Balaban J connectivity index is 1.80. The zero-order chi connectivity index (χ0) is 24.9. The highest BCUT2D eigenvalue weighted by molar-refractivity contribution is 7.92. The van der Waals surface area contributed by atoms with Crippen LogP contribution in [0.1, 0.15) is 32.8 Å². The first-order chi connectivity index (χ1) is 15.9. The molecule has 0 aliphatic carbocycles. The number of amides is 1. The number of nitrogens with one attached hydrogen (secondary N) is 1. The quantitative estimate of drug-likeness (QED) is 0.323. The van der Waals surface area contributed by atoms with Crippen LogP contribution in [0.15, 0.2) is 40.5 Å². The number of hydrogen-bond donors (Lipinski definition) is 1. The molecule has 0 radical (unpaired) electrons. The molecular formula is C21H24FN3O7S2. The lowest BCUT2D eigenvalue weighted by atomic mass is 10.1. The molecule has 1 atom stereocenters. The zero-order valence-corrected chi connectivity index (χ0v) is 20.4. The van der Waals surface area contributed by atoms with Gasteiger partial charge in [-0.05, 0) is 32.9 Å². The first kappa shape index (κ1) is 25.7. The van der Waals surface area contributed by atoms with Gasteiger partial charge >= 0.3 is 5.97 Å². The molecular weight excluding hydrogens is 489 g/mol. The molecule has 13 heteroatoms. The van der Waals surface area contributed by atoms with Crippen molar-refractivity contribution in [1.29, 1.82) is 0 Å². The average Bonchev–Trinajstić information content (AvgIpc) is 3.38. The molecule has 34 heavy (non-hydrogen) atoms. The van der Waals surface area contributed by atoms with Crippen LogP contribution in [0.2, 0.25) is 0 Å². The molecule has 3 rings (SSSR count). The standard InChI is InChI=1S/C21H24FN3O7S2/c1-21(2,3)31-17(26)12-34(28,29)15-6-4-13(5-7-15)18(25-32-14-8-9-30-11-14)19(27)24-20-23-10-16(22)33-20/h4-7,10,14H,8-9,11-12H2,1-3H3,(H,23,24,27)/t14-/m1/s1. The highest BCUT2D eigenvalue weighted by atomic mass is 32.2. The molecule has 1 amide bonds. The topological polar surface area (TPSA) is 133 Å². The van der Waals surface area contributed by atoms with Crippen molar-refractivity contribution in [3.63, 3.8) is 0 Å². The van der Waals surface area contributed by atoms with Crippen LogP contribution in [0.25, 0.3) is 0 Å². The number of thiazole rings is 1. The predicted octanol–water partition coefficient (Wildman–Crippen LogP) is 2.55. The van der Waals surface area contributed by atoms with Crippen LogP contribution in [0, 0.1) is 5.13 Å². The number of nitrogens with zero attached hydrogens (tertiary/aromatic N) is 2. The van der Waals surface area contributed by atoms with Crippen LogP contribution in [0.4, 0.5) is 9.52 Å². The number of anilines is 1. The average molecular weight is 514 g/mol. The van der Waals surface area contributed by atoms with Crippen molar-refractivity contribution in [1.82, 2.24) is 4.98 Å². The van der Waals surface area contributed by atoms with Gasteiger partial charge in [0.15, 0.2) is 37.7 Å². The van der Waals surface area contributed by atoms with Gasteiger partial charge in [-0.15, -0.1) is 0 Å². The number of carbonyl (C=O) groups excluding carboxylic acids is 2. The van der Waals surface area contributed by atoms with E-state index in [-0.39, 0.29) is 27.4 Å². The van der Waals surface area contributed by atoms with E-state index >= 15 is 0 Å². The van der Waals surface area contributed by atoms with Crippen molar-refractivity contribution < 1.29 is 36.7 Å². The molecule has 184 valence electrons. The van der Waals surface area contributed by atoms with Gasteiger partial charge in [-0.3, -0.25) is 14.9 Å². The maximum atomic E-state index is 13.2. The summed E-state index contributed by atoms with van der Waals surface area (Å²) in [7, 11) is -3.98. The van der Waals surface area contributed by atoms with E-state index in [1.807, 2.05) is 0 Å². The van der Waals surface area contributed by atoms with Crippen molar-refractivity contribution in [2.45, 2.75) is 43.8 Å². The van der Waals surface area contributed by atoms with E-state index in [2.05, 4.69) is 15.5 Å². The highest BCUT2D eigenvalue weighted by Gasteiger charge is 2.26. The number of esters is 1. The van der Waals surface area contributed by atoms with Crippen molar-refractivity contribution in [2.75, 3.05) is 24.3 Å². The Bertz CT molecular complexity index is 1170. The van der Waals surface area contributed by atoms with Crippen LogP contribution in [0.3, 0.4) is 0 Å². The number of hydrogen-bond acceptors (Lipinski definition) is 10. The SMILES string of the molecule is CC(C)(C)OC(=O)CS(=O)(=O)c1ccc(C(=NO[C@@H]2CCOC2)C(=O)Nc2ncc(F)s2)cc1. The van der Waals surface area contributed by atoms with Crippen LogP contribution >= 0.6 is 11.3 Å². The third-order valence-corrected chi connectivity index (χ3v) is 6.62. The fraction of sp³-hybridized carbons (Fsp3) is 0.429. The minimum atomic E-state index is -3.98. The van der Waals surface area contributed by atoms with Gasteiger partial charge in [0.25, 0.3) is 5.91 Å². The molecule has 1 N–H and O–H groups in total. The van der Waals surface area contributed by atoms with Crippen molar-refractivity contribution >= 4 is 43.9 Å². The van der Waals surface area contributed by atoms with Crippen molar-refractivity contribution in [3.05, 3.63) is 41.2 Å². The second kappa shape index (κ2) is 10.6. The number of oxime groups is 1. The summed E-state index contributed by atoms with van der Waals surface area (Å²) < 4.78 is 48.7. The lowest BCUT2D eigenvalue weighted by molar-refractivity contribution is -0.151. The Morgan fingerprint density at radius 1 is 1.29 bits per heavy atom. The molecule has 0 spiro atoms. The number of benzene rings is 1. The highest BCUT2D eigenvalue weighted by Crippen LogP contribution is 2.19. The minimum absolute atomic E-state index is 0.0240. The van der Waals surface area contributed by atoms with Crippen LogP contribution < -0.4 is 5.32 Å². The first-order valence-electron chi connectivity index (χ1n) is 10.2. The Morgan fingerprint density at radius 3 is 2.56 bits per heavy atom. The lowest BCUT2D eigenvalue weighted by Gasteiger charge is -2.19. The maximum absolute atomic E-state index is 13.2. The molecule has 0 bridgehead atoms. The summed E-state index contributed by atoms with van der Waals surface area (Å²) in [6.45, 7) is 5.73. The fourth-order valence-corrected chi connectivity index (χ4v) is 4.47. The predicted molar refractivity (Wildman–Crippen MR) is 122 cm³/mol. The van der Waals surface area contributed by atoms with E-state index in [0.29, 0.717) is 31.0 Å². The first-order valence-corrected chi connectivity index (χ1v) is 12.7. The molecule has 1 aliphatic heterocycles. The van der Waals surface area contributed by atoms with Crippen LogP contribution in [-0.2, 0) is 33.7 Å². The number of sulfone groups is 1. The molecule has 0 saturated carbocycles. The summed E-state index contributed by atoms with van der Waals surface area (Å²) in [5, 5.41) is 5.83. The van der Waals surface area contributed by atoms with Crippen LogP contribution in [0.5, 0.6) is 0 Å². The van der Waals surface area contributed by atoms with Gasteiger partial charge in [-0.25, -0.2) is 13.4 Å². The van der Waals surface area contributed by atoms with Gasteiger partial charge in [-0.1, -0.05) is 28.6 Å². The molecule has 1 aliphatic rings. The summed E-state index contributed by atoms with van der Waals surface area (Å²) in [6, 6.07) is 5.22. The number of rotatable bonds is 8. The summed E-state index contributed by atoms with van der Waals surface area (Å²) >= 11 is 0.639. The van der Waals surface area contributed by atoms with E-state index in [9.17, 15) is 22.4 Å². The Kier molecular flexibility index (Phi) is 8.00. The summed E-state index contributed by atoms with van der Waals surface area (Å²) in [5.74, 6) is -2.43. The van der Waals surface area contributed by atoms with E-state index in [4.69, 9.17) is 14.3 Å². The Labute approximate surface area is 200 Å². The second-order valence-corrected chi connectivity index (χ2v) is 11.3. The normalized spacial score (nSPS) is 16.8. The van der Waals surface area contributed by atoms with Crippen LogP contribution in [-0.4, -0.2) is 61.7 Å². The Hall–Kier alpha value is -2.90. The molecule has 1 aromatic heterocycles. The summed E-state index contributed by atoms with van der Waals surface area (Å²) in [4.78, 5) is 33.8. The second-order valence-electron chi connectivity index (χ2n) is 8.32. The van der Waals surface area contributed by atoms with Gasteiger partial charge in [0.1, 0.15) is 5.60 Å². The molecule has 1 saturated heterocycles. The largest absolute Gasteiger partial charge is 0.459 e. The third kappa shape index (κ3) is 7.30. The molecule has 1 fully saturated rings. The molecule has 1 aromatic carbocycles. The molecule has 2 aromatic rings. The van der Waals surface area contributed by atoms with E-state index in [1.54, 1.807) is 20.8 Å². The van der Waals surface area contributed by atoms with E-state index in [1.165, 1.54) is 24.3 Å². The van der Waals surface area contributed by atoms with Crippen molar-refractivity contribution in [3.8, 4) is 0 Å². The number of aromatic nitrogens is 1. The van der Waals surface area contributed by atoms with Gasteiger partial charge < -0.3 is 14.3 Å². The molecule has 2 heterocycles. The number of ether oxygens (including phenoxy) is 2. The van der Waals surface area contributed by atoms with E-state index in [0.717, 1.165) is 6.20 Å². The van der Waals surface area contributed by atoms with Gasteiger partial charge in [-0.2, -0.15) is 4.39 Å². The maximum Gasteiger partial charge on any atom is 0.322 e. The lowest BCUT2D eigenvalue weighted by Crippen LogP contribution is -2.28. The minimum Gasteiger partial charge on any atom is -0.459 e. The zero-order valence-electron chi connectivity index (χ0n) is 18.7. The van der Waals surface area contributed by atoms with E-state index < -0.39 is 38.2 Å². The number of halogens is 1. The number of carbonyl (C=O) groups is 2. The third-order valence-electron chi connectivity index (χ3n) is 4.31. The molecule has 0 unspecified atom stereocenters. The smallest absolute Gasteiger partial charge is 0.322 e. The van der Waals surface area contributed by atoms with Crippen molar-refractivity contribution in [2.24, 2.45) is 5.16 Å². The Morgan fingerprint density at radius 2 is 2.00 bits per heavy atom. The fourth-order valence-electron chi connectivity index (χ4n) is 2.85. The summed E-state index contributed by atoms with van der Waals surface area (Å²) in [6.07, 6.45) is 1.22. The van der Waals surface area contributed by atoms with Gasteiger partial charge in [0.05, 0.1) is 24.3 Å².